The quantitative estimate of drug-likeness (QED) is 0.406. The molecule has 0 aliphatic heterocycles. The number of hydrogen-bond acceptors (Lipinski definition) is 7. The van der Waals surface area contributed by atoms with Crippen LogP contribution in [0.3, 0.4) is 0 Å². The maximum absolute atomic E-state index is 10.5. The summed E-state index contributed by atoms with van der Waals surface area (Å²) in [6.45, 7) is 6.31. The highest BCUT2D eigenvalue weighted by atomic mass is 16.5. The molecule has 0 spiro atoms. The molecule has 0 saturated carbocycles. The van der Waals surface area contributed by atoms with E-state index in [0.717, 1.165) is 17.5 Å². The van der Waals surface area contributed by atoms with Crippen LogP contribution in [0.1, 0.15) is 25.0 Å². The van der Waals surface area contributed by atoms with E-state index in [0.29, 0.717) is 43.6 Å². The van der Waals surface area contributed by atoms with Crippen molar-refractivity contribution in [2.75, 3.05) is 47.7 Å². The fraction of sp³-hybridized carbons (Fsp3) is 0.520. The van der Waals surface area contributed by atoms with Gasteiger partial charge in [-0.15, -0.1) is 0 Å². The number of benzene rings is 2. The Labute approximate surface area is 191 Å². The summed E-state index contributed by atoms with van der Waals surface area (Å²) in [4.78, 5) is 0. The molecule has 0 aliphatic rings. The number of rotatable bonds is 15. The molecule has 1 atom stereocenters. The Morgan fingerprint density at radius 1 is 0.938 bits per heavy atom. The highest BCUT2D eigenvalue weighted by Crippen LogP contribution is 2.29. The molecule has 2 N–H and O–H groups in total. The topological polar surface area (TPSA) is 78.4 Å². The van der Waals surface area contributed by atoms with Crippen LogP contribution in [0.4, 0.5) is 0 Å². The lowest BCUT2D eigenvalue weighted by Gasteiger charge is -2.28. The number of para-hydroxylation sites is 1. The van der Waals surface area contributed by atoms with Gasteiger partial charge in [0.1, 0.15) is 18.5 Å². The zero-order valence-electron chi connectivity index (χ0n) is 19.8. The van der Waals surface area contributed by atoms with Gasteiger partial charge in [0.2, 0.25) is 0 Å². The molecule has 0 amide bonds. The van der Waals surface area contributed by atoms with Gasteiger partial charge < -0.3 is 34.1 Å². The summed E-state index contributed by atoms with van der Waals surface area (Å²) in [5, 5.41) is 13.9. The van der Waals surface area contributed by atoms with Crippen molar-refractivity contribution in [2.45, 2.75) is 38.5 Å². The minimum Gasteiger partial charge on any atom is -0.493 e. The van der Waals surface area contributed by atoms with Crippen molar-refractivity contribution in [3.05, 3.63) is 53.6 Å². The summed E-state index contributed by atoms with van der Waals surface area (Å²) in [5.41, 5.74) is 1.83. The van der Waals surface area contributed by atoms with Crippen molar-refractivity contribution < 1.29 is 28.8 Å². The fourth-order valence-corrected chi connectivity index (χ4v) is 3.29. The number of ether oxygens (including phenoxy) is 5. The van der Waals surface area contributed by atoms with Crippen LogP contribution in [0, 0.1) is 0 Å². The molecule has 2 aromatic carbocycles. The maximum Gasteiger partial charge on any atom is 0.160 e. The van der Waals surface area contributed by atoms with Gasteiger partial charge in [-0.3, -0.25) is 0 Å². The number of nitrogens with one attached hydrogen (secondary N) is 1. The number of aliphatic hydroxyl groups excluding tert-OH is 1. The van der Waals surface area contributed by atoms with Gasteiger partial charge in [-0.25, -0.2) is 0 Å². The largest absolute Gasteiger partial charge is 0.493 e. The van der Waals surface area contributed by atoms with Crippen molar-refractivity contribution in [1.29, 1.82) is 0 Å². The Hall–Kier alpha value is -2.32. The molecular weight excluding hydrogens is 410 g/mol. The second-order valence-corrected chi connectivity index (χ2v) is 8.25. The monoisotopic (exact) mass is 447 g/mol. The lowest BCUT2D eigenvalue weighted by atomic mass is 9.94. The van der Waals surface area contributed by atoms with Crippen LogP contribution in [0.2, 0.25) is 0 Å². The van der Waals surface area contributed by atoms with Crippen molar-refractivity contribution in [1.82, 2.24) is 5.32 Å². The third-order valence-corrected chi connectivity index (χ3v) is 5.00. The molecule has 178 valence electrons. The Bertz CT molecular complexity index is 811. The zero-order valence-corrected chi connectivity index (χ0v) is 19.8. The van der Waals surface area contributed by atoms with Crippen LogP contribution >= 0.6 is 0 Å². The Morgan fingerprint density at radius 3 is 2.41 bits per heavy atom. The fourth-order valence-electron chi connectivity index (χ4n) is 3.29. The van der Waals surface area contributed by atoms with Crippen LogP contribution in [-0.4, -0.2) is 64.4 Å². The molecule has 0 aromatic heterocycles. The SMILES string of the molecule is COCCOCc1ccccc1OCC(O)CNC(C)(C)Cc1ccc(OC)c(OC)c1. The van der Waals surface area contributed by atoms with Crippen LogP contribution in [-0.2, 0) is 22.5 Å². The number of aliphatic hydroxyl groups is 1. The predicted octanol–water partition coefficient (Wildman–Crippen LogP) is 3.22. The van der Waals surface area contributed by atoms with E-state index in [-0.39, 0.29) is 12.1 Å². The summed E-state index contributed by atoms with van der Waals surface area (Å²) in [6, 6.07) is 13.6. The van der Waals surface area contributed by atoms with Gasteiger partial charge in [0.25, 0.3) is 0 Å². The van der Waals surface area contributed by atoms with E-state index in [1.807, 2.05) is 42.5 Å². The normalized spacial score (nSPS) is 12.4. The first-order valence-electron chi connectivity index (χ1n) is 10.8. The van der Waals surface area contributed by atoms with E-state index in [1.54, 1.807) is 21.3 Å². The zero-order chi connectivity index (χ0) is 23.4. The Kier molecular flexibility index (Phi) is 10.8. The van der Waals surface area contributed by atoms with E-state index < -0.39 is 6.10 Å². The van der Waals surface area contributed by atoms with Gasteiger partial charge in [0, 0.05) is 24.8 Å². The number of methoxy groups -OCH3 is 3. The summed E-state index contributed by atoms with van der Waals surface area (Å²) >= 11 is 0. The first-order valence-corrected chi connectivity index (χ1v) is 10.8. The average Bonchev–Trinajstić information content (AvgIpc) is 2.79. The van der Waals surface area contributed by atoms with E-state index in [2.05, 4.69) is 19.2 Å². The molecule has 2 aromatic rings. The lowest BCUT2D eigenvalue weighted by Crippen LogP contribution is -2.46. The van der Waals surface area contributed by atoms with Gasteiger partial charge in [-0.1, -0.05) is 24.3 Å². The molecule has 0 saturated heterocycles. The van der Waals surface area contributed by atoms with Crippen molar-refractivity contribution in [3.8, 4) is 17.2 Å². The van der Waals surface area contributed by atoms with Crippen molar-refractivity contribution >= 4 is 0 Å². The summed E-state index contributed by atoms with van der Waals surface area (Å²) in [6.07, 6.45) is 0.116. The molecule has 1 unspecified atom stereocenters. The third-order valence-electron chi connectivity index (χ3n) is 5.00. The standard InChI is InChI=1S/C25H37NO6/c1-25(2,15-19-10-11-23(29-4)24(14-19)30-5)26-16-21(27)18-32-22-9-7-6-8-20(22)17-31-13-12-28-3/h6-11,14,21,26-27H,12-13,15-18H2,1-5H3. The van der Waals surface area contributed by atoms with E-state index in [1.165, 1.54) is 0 Å². The highest BCUT2D eigenvalue weighted by molar-refractivity contribution is 5.43. The number of hydrogen-bond donors (Lipinski definition) is 2. The second kappa shape index (κ2) is 13.3. The highest BCUT2D eigenvalue weighted by Gasteiger charge is 2.20. The molecule has 0 bridgehead atoms. The maximum atomic E-state index is 10.5. The Morgan fingerprint density at radius 2 is 1.69 bits per heavy atom. The molecule has 32 heavy (non-hydrogen) atoms. The summed E-state index contributed by atoms with van der Waals surface area (Å²) in [5.74, 6) is 2.13. The Balaban J connectivity index is 1.83. The van der Waals surface area contributed by atoms with Gasteiger partial charge in [0.15, 0.2) is 11.5 Å². The third kappa shape index (κ3) is 8.67. The van der Waals surface area contributed by atoms with Crippen molar-refractivity contribution in [3.63, 3.8) is 0 Å². The minimum absolute atomic E-state index is 0.189. The molecule has 0 radical (unpaired) electrons. The summed E-state index contributed by atoms with van der Waals surface area (Å²) in [7, 11) is 4.90. The van der Waals surface area contributed by atoms with E-state index in [9.17, 15) is 5.11 Å². The molecule has 0 heterocycles. The molecule has 7 nitrogen and oxygen atoms in total. The molecule has 0 fully saturated rings. The van der Waals surface area contributed by atoms with Gasteiger partial charge in [-0.05, 0) is 44.0 Å². The van der Waals surface area contributed by atoms with Crippen molar-refractivity contribution in [2.24, 2.45) is 0 Å². The first-order chi connectivity index (χ1) is 15.4. The van der Waals surface area contributed by atoms with Crippen LogP contribution < -0.4 is 19.5 Å². The summed E-state index contributed by atoms with van der Waals surface area (Å²) < 4.78 is 27.1. The molecular formula is C25H37NO6. The first kappa shape index (κ1) is 25.9. The average molecular weight is 448 g/mol. The lowest BCUT2D eigenvalue weighted by molar-refractivity contribution is 0.0588. The van der Waals surface area contributed by atoms with Crippen LogP contribution in [0.5, 0.6) is 17.2 Å². The number of β-amino-alcohol motifs (C(OH)–C–C–N with tert-alkyl or cyclic N) is 1. The van der Waals surface area contributed by atoms with Gasteiger partial charge in [0.05, 0.1) is 34.0 Å². The van der Waals surface area contributed by atoms with E-state index in [4.69, 9.17) is 23.7 Å². The smallest absolute Gasteiger partial charge is 0.160 e. The van der Waals surface area contributed by atoms with Gasteiger partial charge >= 0.3 is 0 Å². The molecule has 7 heteroatoms. The van der Waals surface area contributed by atoms with Crippen LogP contribution in [0.25, 0.3) is 0 Å². The predicted molar refractivity (Wildman–Crippen MR) is 125 cm³/mol. The second-order valence-electron chi connectivity index (χ2n) is 8.25. The van der Waals surface area contributed by atoms with E-state index >= 15 is 0 Å². The van der Waals surface area contributed by atoms with Crippen LogP contribution in [0.15, 0.2) is 42.5 Å². The molecule has 0 aliphatic carbocycles. The van der Waals surface area contributed by atoms with Gasteiger partial charge in [-0.2, -0.15) is 0 Å². The minimum atomic E-state index is -0.651. The molecule has 2 rings (SSSR count).